The van der Waals surface area contributed by atoms with E-state index in [0.717, 1.165) is 34.7 Å². The molecule has 0 bridgehead atoms. The summed E-state index contributed by atoms with van der Waals surface area (Å²) in [5.41, 5.74) is 0.837. The standard InChI is InChI=1S/C26H34O6S2/c1-17(2)31-25(30)16-33-12-5-13-34-26-21(22(28)15-23(26)29)11-9-19(27)8-10-20-14-18-6-3-4-7-24(18)32-20/h3-4,6-7,9,11,14,17,19,21-22,26-28H,5,8,10,12-13,15-16H2,1-2H3/t19?,21-,22+,26?/m0/s1. The second-order valence-corrected chi connectivity index (χ2v) is 11.1. The number of hydrogen-bond acceptors (Lipinski definition) is 8. The Kier molecular flexibility index (Phi) is 10.6. The molecule has 1 saturated carbocycles. The summed E-state index contributed by atoms with van der Waals surface area (Å²) in [6.07, 6.45) is 4.11. The lowest BCUT2D eigenvalue weighted by molar-refractivity contribution is -0.144. The van der Waals surface area contributed by atoms with E-state index in [1.54, 1.807) is 23.9 Å². The first-order valence-electron chi connectivity index (χ1n) is 11.8. The van der Waals surface area contributed by atoms with Crippen LogP contribution in [0, 0.1) is 5.92 Å². The van der Waals surface area contributed by atoms with Gasteiger partial charge in [0.1, 0.15) is 17.1 Å². The van der Waals surface area contributed by atoms with E-state index in [4.69, 9.17) is 9.15 Å². The van der Waals surface area contributed by atoms with Crippen molar-refractivity contribution in [1.29, 1.82) is 0 Å². The highest BCUT2D eigenvalue weighted by atomic mass is 32.2. The highest BCUT2D eigenvalue weighted by Crippen LogP contribution is 2.34. The van der Waals surface area contributed by atoms with Gasteiger partial charge in [-0.2, -0.15) is 11.8 Å². The number of fused-ring (bicyclic) bond motifs is 1. The van der Waals surface area contributed by atoms with Gasteiger partial charge in [-0.15, -0.1) is 11.8 Å². The monoisotopic (exact) mass is 506 g/mol. The number of benzene rings is 1. The third-order valence-electron chi connectivity index (χ3n) is 5.56. The van der Waals surface area contributed by atoms with E-state index in [1.165, 1.54) is 11.8 Å². The molecule has 1 aliphatic rings. The van der Waals surface area contributed by atoms with Gasteiger partial charge in [-0.1, -0.05) is 30.4 Å². The molecule has 34 heavy (non-hydrogen) atoms. The summed E-state index contributed by atoms with van der Waals surface area (Å²) in [7, 11) is 0. The number of esters is 1. The van der Waals surface area contributed by atoms with Crippen molar-refractivity contribution < 1.29 is 29.0 Å². The largest absolute Gasteiger partial charge is 0.462 e. The highest BCUT2D eigenvalue weighted by Gasteiger charge is 2.40. The van der Waals surface area contributed by atoms with Crippen LogP contribution < -0.4 is 0 Å². The maximum atomic E-state index is 12.4. The number of hydrogen-bond donors (Lipinski definition) is 2. The van der Waals surface area contributed by atoms with Gasteiger partial charge in [0.2, 0.25) is 0 Å². The predicted molar refractivity (Wildman–Crippen MR) is 138 cm³/mol. The summed E-state index contributed by atoms with van der Waals surface area (Å²) < 4.78 is 10.9. The molecule has 1 heterocycles. The van der Waals surface area contributed by atoms with Crippen molar-refractivity contribution in [2.45, 2.75) is 63.1 Å². The summed E-state index contributed by atoms with van der Waals surface area (Å²) in [5.74, 6) is 2.30. The third-order valence-corrected chi connectivity index (χ3v) is 8.04. The Morgan fingerprint density at radius 3 is 2.85 bits per heavy atom. The Labute approximate surface area is 209 Å². The minimum absolute atomic E-state index is 0.0529. The predicted octanol–water partition coefficient (Wildman–Crippen LogP) is 4.41. The first-order chi connectivity index (χ1) is 16.3. The molecule has 4 atom stereocenters. The number of carbonyl (C=O) groups is 2. The average Bonchev–Trinajstić information content (AvgIpc) is 3.32. The van der Waals surface area contributed by atoms with Crippen LogP contribution >= 0.6 is 23.5 Å². The summed E-state index contributed by atoms with van der Waals surface area (Å²) in [6.45, 7) is 3.66. The molecule has 0 saturated heterocycles. The Morgan fingerprint density at radius 1 is 1.29 bits per heavy atom. The fourth-order valence-corrected chi connectivity index (χ4v) is 6.19. The van der Waals surface area contributed by atoms with Gasteiger partial charge in [0.05, 0.1) is 29.3 Å². The molecule has 8 heteroatoms. The summed E-state index contributed by atoms with van der Waals surface area (Å²) >= 11 is 3.08. The van der Waals surface area contributed by atoms with Gasteiger partial charge in [0, 0.05) is 24.1 Å². The Bertz CT molecular complexity index is 936. The van der Waals surface area contributed by atoms with Crippen LogP contribution in [-0.2, 0) is 20.7 Å². The number of Topliss-reactive ketones (excluding diaryl/α,β-unsaturated/α-hetero) is 1. The number of aliphatic hydroxyl groups is 2. The zero-order valence-electron chi connectivity index (χ0n) is 19.7. The van der Waals surface area contributed by atoms with E-state index in [0.29, 0.717) is 18.6 Å². The normalized spacial score (nSPS) is 21.7. The van der Waals surface area contributed by atoms with E-state index in [1.807, 2.05) is 44.2 Å². The second-order valence-electron chi connectivity index (χ2n) is 8.79. The Hall–Kier alpha value is -1.74. The lowest BCUT2D eigenvalue weighted by atomic mass is 10.0. The van der Waals surface area contributed by atoms with Crippen molar-refractivity contribution in [2.75, 3.05) is 17.3 Å². The molecule has 0 spiro atoms. The van der Waals surface area contributed by atoms with Crippen molar-refractivity contribution in [3.8, 4) is 0 Å². The van der Waals surface area contributed by atoms with E-state index >= 15 is 0 Å². The molecule has 1 fully saturated rings. The van der Waals surface area contributed by atoms with E-state index < -0.39 is 12.2 Å². The average molecular weight is 507 g/mol. The topological polar surface area (TPSA) is 97.0 Å². The fraction of sp³-hybridized carbons (Fsp3) is 0.538. The molecule has 0 radical (unpaired) electrons. The molecular formula is C26H34O6S2. The van der Waals surface area contributed by atoms with Crippen LogP contribution in [0.25, 0.3) is 11.0 Å². The Balaban J connectivity index is 1.40. The minimum Gasteiger partial charge on any atom is -0.462 e. The molecule has 2 aromatic rings. The number of ketones is 1. The number of aryl methyl sites for hydroxylation is 1. The summed E-state index contributed by atoms with van der Waals surface area (Å²) in [6, 6.07) is 9.80. The molecular weight excluding hydrogens is 472 g/mol. The number of ether oxygens (including phenoxy) is 1. The maximum absolute atomic E-state index is 12.4. The zero-order valence-corrected chi connectivity index (χ0v) is 21.4. The first-order valence-corrected chi connectivity index (χ1v) is 14.0. The van der Waals surface area contributed by atoms with Gasteiger partial charge in [-0.05, 0) is 50.3 Å². The number of thioether (sulfide) groups is 2. The van der Waals surface area contributed by atoms with Crippen LogP contribution in [0.15, 0.2) is 46.9 Å². The second kappa shape index (κ2) is 13.4. The van der Waals surface area contributed by atoms with Gasteiger partial charge < -0.3 is 19.4 Å². The van der Waals surface area contributed by atoms with Crippen molar-refractivity contribution in [3.63, 3.8) is 0 Å². The van der Waals surface area contributed by atoms with E-state index in [-0.39, 0.29) is 35.4 Å². The zero-order chi connectivity index (χ0) is 24.5. The van der Waals surface area contributed by atoms with Crippen molar-refractivity contribution >= 4 is 46.2 Å². The van der Waals surface area contributed by atoms with Gasteiger partial charge in [0.15, 0.2) is 0 Å². The number of carbonyl (C=O) groups excluding carboxylic acids is 2. The molecule has 1 aromatic heterocycles. The summed E-state index contributed by atoms with van der Waals surface area (Å²) in [5, 5.41) is 21.5. The molecule has 1 aromatic carbocycles. The molecule has 0 amide bonds. The highest BCUT2D eigenvalue weighted by molar-refractivity contribution is 8.01. The fourth-order valence-electron chi connectivity index (χ4n) is 3.93. The van der Waals surface area contributed by atoms with Gasteiger partial charge >= 0.3 is 5.97 Å². The lowest BCUT2D eigenvalue weighted by Gasteiger charge is -2.17. The van der Waals surface area contributed by atoms with Crippen LogP contribution in [0.1, 0.15) is 38.9 Å². The summed E-state index contributed by atoms with van der Waals surface area (Å²) in [4.78, 5) is 24.0. The number of rotatable bonds is 13. The minimum atomic E-state index is -0.719. The van der Waals surface area contributed by atoms with Gasteiger partial charge in [0.25, 0.3) is 0 Å². The lowest BCUT2D eigenvalue weighted by Crippen LogP contribution is -2.22. The SMILES string of the molecule is CC(C)OC(=O)CSCCCSC1C(=O)C[C@@H](O)[C@@H]1C=CC(O)CCc1cc2ccccc2o1. The molecule has 186 valence electrons. The van der Waals surface area contributed by atoms with Gasteiger partial charge in [-0.3, -0.25) is 9.59 Å². The molecule has 2 unspecified atom stereocenters. The van der Waals surface area contributed by atoms with Crippen LogP contribution in [0.4, 0.5) is 0 Å². The van der Waals surface area contributed by atoms with Crippen LogP contribution in [0.5, 0.6) is 0 Å². The Morgan fingerprint density at radius 2 is 2.09 bits per heavy atom. The van der Waals surface area contributed by atoms with Gasteiger partial charge in [-0.25, -0.2) is 0 Å². The molecule has 2 N–H and O–H groups in total. The number of para-hydroxylation sites is 1. The van der Waals surface area contributed by atoms with Crippen molar-refractivity contribution in [2.24, 2.45) is 5.92 Å². The number of furan rings is 1. The quantitative estimate of drug-likeness (QED) is 0.234. The smallest absolute Gasteiger partial charge is 0.316 e. The van der Waals surface area contributed by atoms with Crippen molar-refractivity contribution in [3.05, 3.63) is 48.2 Å². The van der Waals surface area contributed by atoms with Crippen molar-refractivity contribution in [1.82, 2.24) is 0 Å². The first kappa shape index (κ1) is 26.9. The molecule has 3 rings (SSSR count). The molecule has 1 aliphatic carbocycles. The van der Waals surface area contributed by atoms with Crippen LogP contribution in [0.2, 0.25) is 0 Å². The maximum Gasteiger partial charge on any atom is 0.316 e. The third kappa shape index (κ3) is 8.18. The van der Waals surface area contributed by atoms with Crippen LogP contribution in [0.3, 0.4) is 0 Å². The molecule has 0 aliphatic heterocycles. The number of aliphatic hydroxyl groups excluding tert-OH is 2. The van der Waals surface area contributed by atoms with E-state index in [2.05, 4.69) is 0 Å². The van der Waals surface area contributed by atoms with Crippen LogP contribution in [-0.4, -0.2) is 62.8 Å². The van der Waals surface area contributed by atoms with E-state index in [9.17, 15) is 19.8 Å². The molecule has 6 nitrogen and oxygen atoms in total.